The Morgan fingerprint density at radius 1 is 0.889 bits per heavy atom. The van der Waals surface area contributed by atoms with Gasteiger partial charge in [-0.25, -0.2) is 9.69 Å². The minimum Gasteiger partial charge on any atom is -0.444 e. The van der Waals surface area contributed by atoms with E-state index in [1.807, 2.05) is 79.0 Å². The van der Waals surface area contributed by atoms with Crippen molar-refractivity contribution in [3.05, 3.63) is 131 Å². The molecule has 1 atom stereocenters. The molecule has 6 N–H and O–H groups in total. The van der Waals surface area contributed by atoms with E-state index in [9.17, 15) is 14.4 Å². The molecule has 0 saturated carbocycles. The Labute approximate surface area is 263 Å². The van der Waals surface area contributed by atoms with E-state index in [1.54, 1.807) is 30.3 Å². The first kappa shape index (κ1) is 29.6. The Bertz CT molecular complexity index is 2000. The van der Waals surface area contributed by atoms with Crippen molar-refractivity contribution < 1.29 is 19.1 Å². The number of aromatic nitrogens is 1. The zero-order valence-corrected chi connectivity index (χ0v) is 25.1. The Kier molecular flexibility index (Phi) is 8.58. The first-order valence-electron chi connectivity index (χ1n) is 14.4. The van der Waals surface area contributed by atoms with Gasteiger partial charge in [0.25, 0.3) is 5.91 Å². The van der Waals surface area contributed by atoms with Gasteiger partial charge in [0.1, 0.15) is 6.61 Å². The Morgan fingerprint density at radius 3 is 2.47 bits per heavy atom. The van der Waals surface area contributed by atoms with E-state index in [0.717, 1.165) is 37.0 Å². The summed E-state index contributed by atoms with van der Waals surface area (Å²) in [5.74, 6) is -0.828. The fraction of sp³-hybridized carbons (Fsp3) is 0.114. The van der Waals surface area contributed by atoms with Crippen molar-refractivity contribution in [1.29, 1.82) is 0 Å². The maximum atomic E-state index is 13.8. The summed E-state index contributed by atoms with van der Waals surface area (Å²) >= 11 is 1.31. The quantitative estimate of drug-likeness (QED) is 0.137. The lowest BCUT2D eigenvalue weighted by molar-refractivity contribution is -0.131. The third-order valence-electron chi connectivity index (χ3n) is 7.48. The molecule has 0 aliphatic rings. The molecule has 0 aliphatic carbocycles. The Hall–Kier alpha value is -5.45. The van der Waals surface area contributed by atoms with Crippen LogP contribution in [0.25, 0.3) is 21.0 Å². The lowest BCUT2D eigenvalue weighted by atomic mass is 10.0. The van der Waals surface area contributed by atoms with E-state index < -0.39 is 18.0 Å². The topological polar surface area (TPSA) is 144 Å². The Balaban J connectivity index is 1.22. The summed E-state index contributed by atoms with van der Waals surface area (Å²) in [4.78, 5) is 44.9. The molecule has 0 aliphatic heterocycles. The smallest absolute Gasteiger partial charge is 0.417 e. The fourth-order valence-electron chi connectivity index (χ4n) is 5.12. The van der Waals surface area contributed by atoms with E-state index in [2.05, 4.69) is 10.3 Å². The molecule has 3 amide bonds. The van der Waals surface area contributed by atoms with Gasteiger partial charge in [-0.15, -0.1) is 11.3 Å². The van der Waals surface area contributed by atoms with Gasteiger partial charge in [0, 0.05) is 21.8 Å². The number of fused-ring (bicyclic) bond motifs is 2. The molecule has 226 valence electrons. The van der Waals surface area contributed by atoms with Gasteiger partial charge >= 0.3 is 6.09 Å². The minimum atomic E-state index is -0.986. The molecule has 9 nitrogen and oxygen atoms in total. The highest BCUT2D eigenvalue weighted by molar-refractivity contribution is 7.20. The lowest BCUT2D eigenvalue weighted by Gasteiger charge is -2.24. The van der Waals surface area contributed by atoms with E-state index in [4.69, 9.17) is 16.2 Å². The predicted octanol–water partition coefficient (Wildman–Crippen LogP) is 6.45. The number of hydrogen-bond donors (Lipinski definition) is 4. The lowest BCUT2D eigenvalue weighted by Crippen LogP contribution is -2.47. The van der Waals surface area contributed by atoms with Crippen LogP contribution in [-0.4, -0.2) is 33.8 Å². The molecule has 0 radical (unpaired) electrons. The van der Waals surface area contributed by atoms with E-state index >= 15 is 0 Å². The fourth-order valence-corrected chi connectivity index (χ4v) is 6.14. The van der Waals surface area contributed by atoms with Crippen molar-refractivity contribution in [3.63, 3.8) is 0 Å². The van der Waals surface area contributed by atoms with Crippen LogP contribution in [0.4, 0.5) is 16.2 Å². The summed E-state index contributed by atoms with van der Waals surface area (Å²) in [6.07, 6.45) is 1.28. The van der Waals surface area contributed by atoms with Crippen LogP contribution in [0, 0.1) is 0 Å². The van der Waals surface area contributed by atoms with Crippen molar-refractivity contribution in [1.82, 2.24) is 9.88 Å². The molecule has 6 rings (SSSR count). The third-order valence-corrected chi connectivity index (χ3v) is 8.58. The number of amides is 3. The number of nitrogens with two attached hydrogens (primary N) is 2. The summed E-state index contributed by atoms with van der Waals surface area (Å²) in [7, 11) is 0. The highest BCUT2D eigenvalue weighted by Gasteiger charge is 2.29. The summed E-state index contributed by atoms with van der Waals surface area (Å²) in [6, 6.07) is 30.4. The largest absolute Gasteiger partial charge is 0.444 e. The number of nitrogens with one attached hydrogen (secondary N) is 2. The Morgan fingerprint density at radius 2 is 1.64 bits per heavy atom. The summed E-state index contributed by atoms with van der Waals surface area (Å²) in [5.41, 5.74) is 16.7. The molecule has 2 aromatic heterocycles. The van der Waals surface area contributed by atoms with Crippen LogP contribution in [0.5, 0.6) is 0 Å². The van der Waals surface area contributed by atoms with Gasteiger partial charge in [0.05, 0.1) is 28.8 Å². The SMILES string of the molecule is Nc1ccccc1NC(=O)c1cc2ccc(CN(C(=O)OCc3ccccc3)C(=O)C(N)Cc3c[nH]c4ccccc34)cc2s1. The van der Waals surface area contributed by atoms with Crippen LogP contribution in [0.15, 0.2) is 109 Å². The molecule has 45 heavy (non-hydrogen) atoms. The van der Waals surface area contributed by atoms with Gasteiger partial charge < -0.3 is 26.5 Å². The second kappa shape index (κ2) is 13.0. The number of carbonyl (C=O) groups excluding carboxylic acids is 3. The van der Waals surface area contributed by atoms with Gasteiger partial charge in [-0.05, 0) is 58.8 Å². The van der Waals surface area contributed by atoms with Crippen molar-refractivity contribution >= 4 is 61.6 Å². The first-order chi connectivity index (χ1) is 21.9. The molecule has 1 unspecified atom stereocenters. The summed E-state index contributed by atoms with van der Waals surface area (Å²) < 4.78 is 6.40. The maximum Gasteiger partial charge on any atom is 0.417 e. The van der Waals surface area contributed by atoms with Gasteiger partial charge in [-0.2, -0.15) is 0 Å². The van der Waals surface area contributed by atoms with Gasteiger partial charge in [0.15, 0.2) is 0 Å². The number of imide groups is 1. The van der Waals surface area contributed by atoms with Crippen molar-refractivity contribution in [3.8, 4) is 0 Å². The molecule has 6 aromatic rings. The monoisotopic (exact) mass is 617 g/mol. The predicted molar refractivity (Wildman–Crippen MR) is 178 cm³/mol. The molecule has 2 heterocycles. The average molecular weight is 618 g/mol. The molecule has 0 bridgehead atoms. The second-order valence-corrected chi connectivity index (χ2v) is 11.7. The number of nitrogen functional groups attached to an aromatic ring is 1. The second-order valence-electron chi connectivity index (χ2n) is 10.7. The van der Waals surface area contributed by atoms with Crippen LogP contribution < -0.4 is 16.8 Å². The van der Waals surface area contributed by atoms with Gasteiger partial charge in [0.2, 0.25) is 5.91 Å². The number of carbonyl (C=O) groups is 3. The van der Waals surface area contributed by atoms with E-state index in [0.29, 0.717) is 21.8 Å². The van der Waals surface area contributed by atoms with Crippen LogP contribution in [0.3, 0.4) is 0 Å². The van der Waals surface area contributed by atoms with E-state index in [1.165, 1.54) is 11.3 Å². The number of para-hydroxylation sites is 3. The zero-order chi connectivity index (χ0) is 31.3. The van der Waals surface area contributed by atoms with Crippen molar-refractivity contribution in [2.45, 2.75) is 25.6 Å². The van der Waals surface area contributed by atoms with Crippen molar-refractivity contribution in [2.24, 2.45) is 5.73 Å². The number of rotatable bonds is 9. The first-order valence-corrected chi connectivity index (χ1v) is 15.2. The summed E-state index contributed by atoms with van der Waals surface area (Å²) in [6.45, 7) is -0.0422. The van der Waals surface area contributed by atoms with Crippen LogP contribution in [0.1, 0.15) is 26.4 Å². The standard InChI is InChI=1S/C35H31N5O4S/c36-27-11-5-7-13-30(27)39-33(41)32-18-24-15-14-23(16-31(24)45-32)20-40(35(43)44-21-22-8-2-1-3-9-22)34(42)28(37)17-25-19-38-29-12-6-4-10-26(25)29/h1-16,18-19,28,38H,17,20-21,36-37H2,(H,39,41). The normalized spacial score (nSPS) is 11.8. The number of benzene rings is 4. The number of ether oxygens (including phenoxy) is 1. The van der Waals surface area contributed by atoms with Crippen LogP contribution in [-0.2, 0) is 29.1 Å². The molecule has 10 heteroatoms. The number of thiophene rings is 1. The molecule has 0 saturated heterocycles. The number of H-pyrrole nitrogens is 1. The highest BCUT2D eigenvalue weighted by atomic mass is 32.1. The summed E-state index contributed by atoms with van der Waals surface area (Å²) in [5, 5.41) is 4.68. The molecule has 0 fully saturated rings. The zero-order valence-electron chi connectivity index (χ0n) is 24.2. The van der Waals surface area contributed by atoms with Crippen LogP contribution >= 0.6 is 11.3 Å². The number of aromatic amines is 1. The van der Waals surface area contributed by atoms with E-state index in [-0.39, 0.29) is 25.5 Å². The van der Waals surface area contributed by atoms with Crippen LogP contribution in [0.2, 0.25) is 0 Å². The van der Waals surface area contributed by atoms with Gasteiger partial charge in [-0.3, -0.25) is 9.59 Å². The maximum absolute atomic E-state index is 13.8. The molecular weight excluding hydrogens is 586 g/mol. The number of hydrogen-bond acceptors (Lipinski definition) is 7. The van der Waals surface area contributed by atoms with Gasteiger partial charge in [-0.1, -0.05) is 72.8 Å². The third kappa shape index (κ3) is 6.72. The molecule has 4 aromatic carbocycles. The minimum absolute atomic E-state index is 0.00942. The average Bonchev–Trinajstić information content (AvgIpc) is 3.68. The highest BCUT2D eigenvalue weighted by Crippen LogP contribution is 2.29. The number of anilines is 2. The number of nitrogens with zero attached hydrogens (tertiary/aromatic N) is 1. The molecule has 0 spiro atoms. The molecular formula is C35H31N5O4S. The van der Waals surface area contributed by atoms with Crippen molar-refractivity contribution in [2.75, 3.05) is 11.1 Å².